The summed E-state index contributed by atoms with van der Waals surface area (Å²) in [5.41, 5.74) is 5.11. The summed E-state index contributed by atoms with van der Waals surface area (Å²) in [5.74, 6) is -1.39. The lowest BCUT2D eigenvalue weighted by Crippen LogP contribution is -2.34. The molecule has 0 aromatic carbocycles. The number of nitrogens with two attached hydrogens (primary N) is 1. The zero-order valence-electron chi connectivity index (χ0n) is 6.17. The van der Waals surface area contributed by atoms with Crippen molar-refractivity contribution in [2.75, 3.05) is 13.8 Å². The number of hydrogen-bond acceptors (Lipinski definition) is 4. The number of ether oxygens (including phenoxy) is 1. The van der Waals surface area contributed by atoms with Crippen molar-refractivity contribution in [3.05, 3.63) is 0 Å². The maximum Gasteiger partial charge on any atom is 0.307 e. The molecule has 0 aliphatic heterocycles. The molecule has 0 aliphatic carbocycles. The lowest BCUT2D eigenvalue weighted by atomic mass is 10.1. The van der Waals surface area contributed by atoms with E-state index in [0.29, 0.717) is 0 Å². The number of carbonyl (C=O) groups excluding carboxylic acids is 2. The van der Waals surface area contributed by atoms with Gasteiger partial charge in [0.05, 0.1) is 19.6 Å². The van der Waals surface area contributed by atoms with Crippen LogP contribution in [0.1, 0.15) is 6.42 Å². The third-order valence-electron chi connectivity index (χ3n) is 1.16. The van der Waals surface area contributed by atoms with Crippen molar-refractivity contribution in [2.24, 2.45) is 5.73 Å². The highest BCUT2D eigenvalue weighted by atomic mass is 19.1. The SMILES string of the molecule is COC(=O)CC(N)C(=O)CF. The fraction of sp³-hybridized carbons (Fsp3) is 0.667. The normalized spacial score (nSPS) is 12.3. The minimum Gasteiger partial charge on any atom is -0.469 e. The van der Waals surface area contributed by atoms with E-state index < -0.39 is 24.5 Å². The Morgan fingerprint density at radius 2 is 2.18 bits per heavy atom. The summed E-state index contributed by atoms with van der Waals surface area (Å²) in [6.07, 6.45) is -0.265. The number of Topliss-reactive ketones (excluding diaryl/α,β-unsaturated/α-hetero) is 1. The molecule has 0 rings (SSSR count). The summed E-state index contributed by atoms with van der Waals surface area (Å²) in [6.45, 7) is -1.14. The first-order valence-corrected chi connectivity index (χ1v) is 3.03. The maximum atomic E-state index is 11.6. The molecule has 0 aliphatic rings. The van der Waals surface area contributed by atoms with Gasteiger partial charge in [-0.05, 0) is 0 Å². The summed E-state index contributed by atoms with van der Waals surface area (Å²) >= 11 is 0. The molecule has 4 nitrogen and oxygen atoms in total. The Kier molecular flexibility index (Phi) is 4.36. The Labute approximate surface area is 63.5 Å². The number of ketones is 1. The Morgan fingerprint density at radius 1 is 1.64 bits per heavy atom. The van der Waals surface area contributed by atoms with Crippen LogP contribution in [0.2, 0.25) is 0 Å². The lowest BCUT2D eigenvalue weighted by molar-refractivity contribution is -0.142. The van der Waals surface area contributed by atoms with Crippen LogP contribution in [0.3, 0.4) is 0 Å². The third-order valence-corrected chi connectivity index (χ3v) is 1.16. The van der Waals surface area contributed by atoms with Crippen molar-refractivity contribution in [1.82, 2.24) is 0 Å². The van der Waals surface area contributed by atoms with Gasteiger partial charge in [-0.15, -0.1) is 0 Å². The van der Waals surface area contributed by atoms with Crippen molar-refractivity contribution < 1.29 is 18.7 Å². The van der Waals surface area contributed by atoms with Crippen molar-refractivity contribution in [3.8, 4) is 0 Å². The molecule has 5 heteroatoms. The fourth-order valence-electron chi connectivity index (χ4n) is 0.476. The molecule has 0 amide bonds. The van der Waals surface area contributed by atoms with E-state index in [9.17, 15) is 14.0 Å². The zero-order chi connectivity index (χ0) is 8.85. The monoisotopic (exact) mass is 163 g/mol. The second-order valence-electron chi connectivity index (χ2n) is 1.99. The van der Waals surface area contributed by atoms with Crippen LogP contribution in [0.25, 0.3) is 0 Å². The van der Waals surface area contributed by atoms with E-state index in [4.69, 9.17) is 5.73 Å². The van der Waals surface area contributed by atoms with Crippen LogP contribution in [-0.4, -0.2) is 31.6 Å². The van der Waals surface area contributed by atoms with Gasteiger partial charge in [0.1, 0.15) is 6.67 Å². The number of halogens is 1. The van der Waals surface area contributed by atoms with E-state index in [-0.39, 0.29) is 6.42 Å². The molecular formula is C6H10FNO3. The molecule has 0 aromatic heterocycles. The molecule has 0 heterocycles. The minimum absolute atomic E-state index is 0.265. The van der Waals surface area contributed by atoms with E-state index in [0.717, 1.165) is 0 Å². The van der Waals surface area contributed by atoms with Crippen LogP contribution in [0.15, 0.2) is 0 Å². The molecule has 64 valence electrons. The van der Waals surface area contributed by atoms with Crippen LogP contribution in [0.4, 0.5) is 4.39 Å². The van der Waals surface area contributed by atoms with Crippen LogP contribution in [0, 0.1) is 0 Å². The van der Waals surface area contributed by atoms with Crippen molar-refractivity contribution in [2.45, 2.75) is 12.5 Å². The molecular weight excluding hydrogens is 153 g/mol. The highest BCUT2D eigenvalue weighted by Gasteiger charge is 2.16. The second kappa shape index (κ2) is 4.79. The summed E-state index contributed by atoms with van der Waals surface area (Å²) in [7, 11) is 1.18. The molecule has 0 spiro atoms. The average molecular weight is 163 g/mol. The van der Waals surface area contributed by atoms with Crippen LogP contribution in [0.5, 0.6) is 0 Å². The number of esters is 1. The fourth-order valence-corrected chi connectivity index (χ4v) is 0.476. The van der Waals surface area contributed by atoms with Gasteiger partial charge < -0.3 is 10.5 Å². The highest BCUT2D eigenvalue weighted by Crippen LogP contribution is 1.92. The van der Waals surface area contributed by atoms with E-state index in [1.165, 1.54) is 7.11 Å². The van der Waals surface area contributed by atoms with Gasteiger partial charge in [0.15, 0.2) is 5.78 Å². The lowest BCUT2D eigenvalue weighted by Gasteiger charge is -2.05. The summed E-state index contributed by atoms with van der Waals surface area (Å²) in [5, 5.41) is 0. The third kappa shape index (κ3) is 3.67. The molecule has 0 fully saturated rings. The Bertz CT molecular complexity index is 160. The minimum atomic E-state index is -1.14. The quantitative estimate of drug-likeness (QED) is 0.562. The Balaban J connectivity index is 3.77. The van der Waals surface area contributed by atoms with Gasteiger partial charge in [0.2, 0.25) is 0 Å². The molecule has 0 saturated carbocycles. The molecule has 0 bridgehead atoms. The topological polar surface area (TPSA) is 69.4 Å². The molecule has 0 aromatic rings. The van der Waals surface area contributed by atoms with E-state index >= 15 is 0 Å². The summed E-state index contributed by atoms with van der Waals surface area (Å²) in [6, 6.07) is -1.08. The van der Waals surface area contributed by atoms with Crippen LogP contribution in [-0.2, 0) is 14.3 Å². The van der Waals surface area contributed by atoms with Gasteiger partial charge in [-0.25, -0.2) is 4.39 Å². The molecule has 11 heavy (non-hydrogen) atoms. The average Bonchev–Trinajstić information content (AvgIpc) is 2.02. The first kappa shape index (κ1) is 10.0. The number of rotatable bonds is 4. The van der Waals surface area contributed by atoms with Gasteiger partial charge in [-0.3, -0.25) is 9.59 Å². The van der Waals surface area contributed by atoms with E-state index in [1.54, 1.807) is 0 Å². The highest BCUT2D eigenvalue weighted by molar-refractivity contribution is 5.88. The van der Waals surface area contributed by atoms with Gasteiger partial charge in [-0.2, -0.15) is 0 Å². The molecule has 1 atom stereocenters. The molecule has 0 saturated heterocycles. The van der Waals surface area contributed by atoms with E-state index in [1.807, 2.05) is 0 Å². The van der Waals surface area contributed by atoms with Crippen LogP contribution >= 0.6 is 0 Å². The summed E-state index contributed by atoms with van der Waals surface area (Å²) in [4.78, 5) is 20.9. The first-order chi connectivity index (χ1) is 5.11. The van der Waals surface area contributed by atoms with Gasteiger partial charge >= 0.3 is 5.97 Å². The molecule has 2 N–H and O–H groups in total. The van der Waals surface area contributed by atoms with Gasteiger partial charge in [0.25, 0.3) is 0 Å². The first-order valence-electron chi connectivity index (χ1n) is 3.03. The Hall–Kier alpha value is -0.970. The van der Waals surface area contributed by atoms with E-state index in [2.05, 4.69) is 4.74 Å². The maximum absolute atomic E-state index is 11.6. The Morgan fingerprint density at radius 3 is 2.55 bits per heavy atom. The van der Waals surface area contributed by atoms with Crippen molar-refractivity contribution in [3.63, 3.8) is 0 Å². The van der Waals surface area contributed by atoms with Gasteiger partial charge in [0, 0.05) is 0 Å². The predicted octanol–water partition coefficient (Wildman–Crippen LogP) is -0.585. The number of hydrogen-bond donors (Lipinski definition) is 1. The smallest absolute Gasteiger partial charge is 0.307 e. The molecule has 0 radical (unpaired) electrons. The zero-order valence-corrected chi connectivity index (χ0v) is 6.17. The number of alkyl halides is 1. The molecule has 1 unspecified atom stereocenters. The van der Waals surface area contributed by atoms with Crippen LogP contribution < -0.4 is 5.73 Å². The van der Waals surface area contributed by atoms with Gasteiger partial charge in [-0.1, -0.05) is 0 Å². The largest absolute Gasteiger partial charge is 0.469 e. The van der Waals surface area contributed by atoms with Crippen molar-refractivity contribution >= 4 is 11.8 Å². The standard InChI is InChI=1S/C6H10FNO3/c1-11-6(10)2-4(8)5(9)3-7/h4H,2-3,8H2,1H3. The summed E-state index contributed by atoms with van der Waals surface area (Å²) < 4.78 is 15.8. The second-order valence-corrected chi connectivity index (χ2v) is 1.99. The van der Waals surface area contributed by atoms with Crippen molar-refractivity contribution in [1.29, 1.82) is 0 Å². The number of methoxy groups -OCH3 is 1. The predicted molar refractivity (Wildman–Crippen MR) is 35.6 cm³/mol. The number of carbonyl (C=O) groups is 2.